The van der Waals surface area contributed by atoms with Crippen LogP contribution in [0.4, 0.5) is 5.95 Å². The summed E-state index contributed by atoms with van der Waals surface area (Å²) < 4.78 is 18.1. The number of nitrogens with one attached hydrogen (secondary N) is 1. The Balaban J connectivity index is 1.64. The van der Waals surface area contributed by atoms with Gasteiger partial charge in [0.25, 0.3) is 0 Å². The Morgan fingerprint density at radius 1 is 1.09 bits per heavy atom. The summed E-state index contributed by atoms with van der Waals surface area (Å²) in [5, 5.41) is 18.3. The molecular weight excluding hydrogens is 436 g/mol. The highest BCUT2D eigenvalue weighted by atomic mass is 16.5. The lowest BCUT2D eigenvalue weighted by Gasteiger charge is -2.32. The molecule has 5 rings (SSSR count). The predicted octanol–water partition coefficient (Wildman–Crippen LogP) is 4.09. The van der Waals surface area contributed by atoms with Gasteiger partial charge in [-0.25, -0.2) is 4.68 Å². The lowest BCUT2D eigenvalue weighted by molar-refractivity contribution is -0.116. The second kappa shape index (κ2) is 8.74. The molecule has 2 aliphatic rings. The summed E-state index contributed by atoms with van der Waals surface area (Å²) in [4.78, 5) is 17.8. The molecule has 0 saturated heterocycles. The van der Waals surface area contributed by atoms with Crippen molar-refractivity contribution < 1.29 is 24.1 Å². The van der Waals surface area contributed by atoms with Gasteiger partial charge in [-0.1, -0.05) is 6.07 Å². The van der Waals surface area contributed by atoms with E-state index in [0.717, 1.165) is 29.7 Å². The van der Waals surface area contributed by atoms with Gasteiger partial charge in [-0.2, -0.15) is 4.98 Å². The minimum Gasteiger partial charge on any atom is -0.504 e. The molecule has 2 heterocycles. The third kappa shape index (κ3) is 3.63. The number of phenols is 1. The maximum absolute atomic E-state index is 13.1. The van der Waals surface area contributed by atoms with Crippen molar-refractivity contribution in [2.75, 3.05) is 26.1 Å². The molecular formula is C25H26N4O5. The molecule has 0 saturated carbocycles. The highest BCUT2D eigenvalue weighted by molar-refractivity contribution is 5.99. The zero-order chi connectivity index (χ0) is 23.8. The number of ether oxygens (including phenoxy) is 3. The largest absolute Gasteiger partial charge is 0.504 e. The molecule has 176 valence electrons. The van der Waals surface area contributed by atoms with Gasteiger partial charge in [0.2, 0.25) is 5.95 Å². The van der Waals surface area contributed by atoms with Crippen molar-refractivity contribution in [3.05, 3.63) is 53.2 Å². The van der Waals surface area contributed by atoms with Crippen molar-refractivity contribution in [2.45, 2.75) is 32.2 Å². The number of benzene rings is 2. The summed E-state index contributed by atoms with van der Waals surface area (Å²) in [6.07, 6.45) is 2.03. The molecule has 0 fully saturated rings. The number of anilines is 1. The Labute approximate surface area is 197 Å². The van der Waals surface area contributed by atoms with E-state index in [4.69, 9.17) is 24.3 Å². The van der Waals surface area contributed by atoms with Gasteiger partial charge >= 0.3 is 0 Å². The van der Waals surface area contributed by atoms with Crippen LogP contribution in [0, 0.1) is 0 Å². The highest BCUT2D eigenvalue weighted by Gasteiger charge is 2.37. The molecule has 9 heteroatoms. The summed E-state index contributed by atoms with van der Waals surface area (Å²) >= 11 is 0. The van der Waals surface area contributed by atoms with Gasteiger partial charge in [0.15, 0.2) is 34.6 Å². The smallest absolute Gasteiger partial charge is 0.226 e. The maximum atomic E-state index is 13.1. The van der Waals surface area contributed by atoms with Gasteiger partial charge < -0.3 is 24.6 Å². The van der Waals surface area contributed by atoms with Crippen LogP contribution in [0.25, 0.3) is 11.4 Å². The fourth-order valence-electron chi connectivity index (χ4n) is 4.53. The Morgan fingerprint density at radius 3 is 2.68 bits per heavy atom. The number of allylic oxidation sites excluding steroid dienone is 2. The number of methoxy groups -OCH3 is 2. The Kier molecular flexibility index (Phi) is 5.61. The van der Waals surface area contributed by atoms with E-state index in [0.29, 0.717) is 47.6 Å². The number of hydrogen-bond acceptors (Lipinski definition) is 8. The number of Topliss-reactive ketones (excluding diaryl/α,β-unsaturated/α-hetero) is 1. The number of carbonyl (C=O) groups excluding carboxylic acids is 1. The summed E-state index contributed by atoms with van der Waals surface area (Å²) in [5.74, 6) is 2.72. The number of ketones is 1. The second-order valence-corrected chi connectivity index (χ2v) is 8.13. The predicted molar refractivity (Wildman–Crippen MR) is 125 cm³/mol. The molecule has 0 bridgehead atoms. The highest BCUT2D eigenvalue weighted by Crippen LogP contribution is 2.43. The van der Waals surface area contributed by atoms with Crippen LogP contribution in [0.15, 0.2) is 47.7 Å². The molecule has 0 radical (unpaired) electrons. The SMILES string of the molecule is CCOc1cc(C2C3=C(CCCC3=O)Nc3nc(-c4ccc(OC)c(OC)c4)nn32)ccc1O. The topological polar surface area (TPSA) is 108 Å². The number of fused-ring (bicyclic) bond motifs is 1. The van der Waals surface area contributed by atoms with Crippen molar-refractivity contribution >= 4 is 11.7 Å². The molecule has 2 N–H and O–H groups in total. The van der Waals surface area contributed by atoms with Crippen LogP contribution in [0.3, 0.4) is 0 Å². The first-order chi connectivity index (χ1) is 16.5. The molecule has 1 aliphatic carbocycles. The monoisotopic (exact) mass is 462 g/mol. The number of phenolic OH excluding ortho intramolecular Hbond substituents is 1. The van der Waals surface area contributed by atoms with Crippen LogP contribution in [-0.2, 0) is 4.79 Å². The van der Waals surface area contributed by atoms with Crippen LogP contribution in [0.5, 0.6) is 23.0 Å². The van der Waals surface area contributed by atoms with E-state index in [-0.39, 0.29) is 11.5 Å². The normalized spacial score (nSPS) is 17.0. The number of nitrogens with zero attached hydrogens (tertiary/aromatic N) is 3. The number of carbonyl (C=O) groups is 1. The van der Waals surface area contributed by atoms with Crippen LogP contribution in [0.2, 0.25) is 0 Å². The van der Waals surface area contributed by atoms with Gasteiger partial charge in [-0.3, -0.25) is 4.79 Å². The summed E-state index contributed by atoms with van der Waals surface area (Å²) in [7, 11) is 3.16. The Hall–Kier alpha value is -4.01. The van der Waals surface area contributed by atoms with Crippen LogP contribution >= 0.6 is 0 Å². The minimum absolute atomic E-state index is 0.0496. The van der Waals surface area contributed by atoms with E-state index in [9.17, 15) is 9.90 Å². The van der Waals surface area contributed by atoms with Crippen LogP contribution in [0.1, 0.15) is 37.8 Å². The van der Waals surface area contributed by atoms with Crippen molar-refractivity contribution in [1.82, 2.24) is 14.8 Å². The van der Waals surface area contributed by atoms with Crippen molar-refractivity contribution in [3.63, 3.8) is 0 Å². The van der Waals surface area contributed by atoms with Gasteiger partial charge in [0, 0.05) is 23.3 Å². The lowest BCUT2D eigenvalue weighted by atomic mass is 9.85. The van der Waals surface area contributed by atoms with E-state index in [1.807, 2.05) is 19.1 Å². The van der Waals surface area contributed by atoms with Gasteiger partial charge in [0.1, 0.15) is 6.04 Å². The number of hydrogen-bond donors (Lipinski definition) is 2. The zero-order valence-corrected chi connectivity index (χ0v) is 19.3. The average molecular weight is 463 g/mol. The summed E-state index contributed by atoms with van der Waals surface area (Å²) in [6, 6.07) is 10.2. The number of aromatic nitrogens is 3. The second-order valence-electron chi connectivity index (χ2n) is 8.13. The molecule has 0 spiro atoms. The van der Waals surface area contributed by atoms with E-state index < -0.39 is 6.04 Å². The molecule has 2 aromatic carbocycles. The Bertz CT molecular complexity index is 1300. The third-order valence-electron chi connectivity index (χ3n) is 6.11. The molecule has 3 aromatic rings. The minimum atomic E-state index is -0.486. The van der Waals surface area contributed by atoms with Gasteiger partial charge in [0.05, 0.1) is 20.8 Å². The van der Waals surface area contributed by atoms with Crippen molar-refractivity contribution in [3.8, 4) is 34.4 Å². The van der Waals surface area contributed by atoms with Crippen LogP contribution < -0.4 is 19.5 Å². The van der Waals surface area contributed by atoms with Crippen molar-refractivity contribution in [2.24, 2.45) is 0 Å². The summed E-state index contributed by atoms with van der Waals surface area (Å²) in [5.41, 5.74) is 3.09. The fourth-order valence-corrected chi connectivity index (χ4v) is 4.53. The molecule has 1 aromatic heterocycles. The number of aromatic hydroxyl groups is 1. The van der Waals surface area contributed by atoms with E-state index in [2.05, 4.69) is 5.32 Å². The standard InChI is InChI=1S/C25H26N4O5/c1-4-34-20-12-14(8-10-17(20)30)23-22-16(6-5-7-18(22)31)26-25-27-24(28-29(23)25)15-9-11-19(32-2)21(13-15)33-3/h8-13,23,30H,4-7H2,1-3H3,(H,26,27,28). The molecule has 34 heavy (non-hydrogen) atoms. The van der Waals surface area contributed by atoms with Crippen LogP contribution in [-0.4, -0.2) is 46.5 Å². The average Bonchev–Trinajstić information content (AvgIpc) is 3.28. The lowest BCUT2D eigenvalue weighted by Crippen LogP contribution is -2.31. The van der Waals surface area contributed by atoms with E-state index in [1.54, 1.807) is 43.2 Å². The van der Waals surface area contributed by atoms with E-state index >= 15 is 0 Å². The first kappa shape index (κ1) is 21.8. The number of rotatable bonds is 6. The molecule has 1 unspecified atom stereocenters. The molecule has 1 atom stereocenters. The van der Waals surface area contributed by atoms with E-state index in [1.165, 1.54) is 0 Å². The maximum Gasteiger partial charge on any atom is 0.226 e. The van der Waals surface area contributed by atoms with Gasteiger partial charge in [-0.15, -0.1) is 5.10 Å². The first-order valence-corrected chi connectivity index (χ1v) is 11.2. The third-order valence-corrected chi connectivity index (χ3v) is 6.11. The Morgan fingerprint density at radius 2 is 1.91 bits per heavy atom. The fraction of sp³-hybridized carbons (Fsp3) is 0.320. The summed E-state index contributed by atoms with van der Waals surface area (Å²) in [6.45, 7) is 2.26. The zero-order valence-electron chi connectivity index (χ0n) is 19.3. The molecule has 1 aliphatic heterocycles. The van der Waals surface area contributed by atoms with Gasteiger partial charge in [-0.05, 0) is 55.7 Å². The first-order valence-electron chi connectivity index (χ1n) is 11.2. The van der Waals surface area contributed by atoms with Crippen molar-refractivity contribution in [1.29, 1.82) is 0 Å². The quantitative estimate of drug-likeness (QED) is 0.564. The molecule has 0 amide bonds. The molecule has 9 nitrogen and oxygen atoms in total.